The van der Waals surface area contributed by atoms with E-state index in [0.717, 1.165) is 50.8 Å². The van der Waals surface area contributed by atoms with Crippen LogP contribution in [0.5, 0.6) is 0 Å². The van der Waals surface area contributed by atoms with Gasteiger partial charge in [-0.15, -0.1) is 34.2 Å². The van der Waals surface area contributed by atoms with Crippen molar-refractivity contribution in [2.75, 3.05) is 26.2 Å². The number of aliphatic imine (C=N–C) groups is 1. The Hall–Kier alpha value is -0.900. The summed E-state index contributed by atoms with van der Waals surface area (Å²) in [5.41, 5.74) is 0.180. The van der Waals surface area contributed by atoms with E-state index in [1.54, 1.807) is 6.33 Å². The van der Waals surface area contributed by atoms with E-state index in [1.807, 2.05) is 0 Å². The molecule has 8 heteroatoms. The number of guanidine groups is 1. The number of aliphatic hydroxyl groups excluding tert-OH is 1. The average molecular weight is 478 g/mol. The van der Waals surface area contributed by atoms with Gasteiger partial charge < -0.3 is 20.3 Å². The second kappa shape index (κ2) is 12.5. The van der Waals surface area contributed by atoms with E-state index in [2.05, 4.69) is 39.2 Å². The standard InChI is InChI=1S/C18H34N6O.HI/c1-3-16-23-22-15-24(16)12-11-20-17(19-4-2)21-14-18(10-13-25)8-6-5-7-9-18;/h15,25H,3-14H2,1-2H3,(H2,19,20,21);1H. The summed E-state index contributed by atoms with van der Waals surface area (Å²) in [6.45, 7) is 7.65. The summed E-state index contributed by atoms with van der Waals surface area (Å²) in [7, 11) is 0. The van der Waals surface area contributed by atoms with Crippen LogP contribution in [0.1, 0.15) is 58.2 Å². The summed E-state index contributed by atoms with van der Waals surface area (Å²) in [4.78, 5) is 4.83. The van der Waals surface area contributed by atoms with Gasteiger partial charge in [0.25, 0.3) is 0 Å². The molecule has 1 heterocycles. The number of aromatic nitrogens is 3. The molecule has 0 atom stereocenters. The Kier molecular flexibility index (Phi) is 11.1. The van der Waals surface area contributed by atoms with Crippen molar-refractivity contribution in [1.29, 1.82) is 0 Å². The van der Waals surface area contributed by atoms with Gasteiger partial charge in [0.05, 0.1) is 0 Å². The third kappa shape index (κ3) is 7.02. The zero-order valence-electron chi connectivity index (χ0n) is 16.2. The number of rotatable bonds is 9. The maximum Gasteiger partial charge on any atom is 0.191 e. The molecule has 0 amide bonds. The molecule has 1 aliphatic carbocycles. The van der Waals surface area contributed by atoms with Crippen molar-refractivity contribution >= 4 is 29.9 Å². The van der Waals surface area contributed by atoms with Crippen molar-refractivity contribution in [2.24, 2.45) is 10.4 Å². The quantitative estimate of drug-likeness (QED) is 0.288. The first-order valence-electron chi connectivity index (χ1n) is 9.72. The topological polar surface area (TPSA) is 87.4 Å². The van der Waals surface area contributed by atoms with Crippen molar-refractivity contribution in [3.05, 3.63) is 12.2 Å². The molecule has 26 heavy (non-hydrogen) atoms. The highest BCUT2D eigenvalue weighted by Gasteiger charge is 2.31. The molecule has 0 bridgehead atoms. The molecule has 0 radical (unpaired) electrons. The molecule has 0 unspecified atom stereocenters. The van der Waals surface area contributed by atoms with Crippen LogP contribution >= 0.6 is 24.0 Å². The van der Waals surface area contributed by atoms with Crippen LogP contribution in [0.15, 0.2) is 11.3 Å². The minimum atomic E-state index is 0. The minimum Gasteiger partial charge on any atom is -0.396 e. The zero-order chi connectivity index (χ0) is 18.0. The minimum absolute atomic E-state index is 0. The maximum atomic E-state index is 9.45. The predicted molar refractivity (Wildman–Crippen MR) is 116 cm³/mol. The summed E-state index contributed by atoms with van der Waals surface area (Å²) >= 11 is 0. The fourth-order valence-electron chi connectivity index (χ4n) is 3.65. The molecule has 150 valence electrons. The number of nitrogens with one attached hydrogen (secondary N) is 2. The van der Waals surface area contributed by atoms with Gasteiger partial charge in [-0.1, -0.05) is 26.2 Å². The van der Waals surface area contributed by atoms with E-state index in [4.69, 9.17) is 4.99 Å². The first-order valence-corrected chi connectivity index (χ1v) is 9.72. The lowest BCUT2D eigenvalue weighted by molar-refractivity contribution is 0.137. The maximum absolute atomic E-state index is 9.45. The van der Waals surface area contributed by atoms with E-state index in [1.165, 1.54) is 32.1 Å². The summed E-state index contributed by atoms with van der Waals surface area (Å²) in [6, 6.07) is 0. The molecule has 3 N–H and O–H groups in total. The number of aryl methyl sites for hydroxylation is 1. The lowest BCUT2D eigenvalue weighted by Crippen LogP contribution is -2.40. The molecule has 1 aromatic rings. The van der Waals surface area contributed by atoms with Crippen LogP contribution in [0.4, 0.5) is 0 Å². The monoisotopic (exact) mass is 478 g/mol. The van der Waals surface area contributed by atoms with Crippen LogP contribution < -0.4 is 10.6 Å². The lowest BCUT2D eigenvalue weighted by atomic mass is 9.72. The highest BCUT2D eigenvalue weighted by molar-refractivity contribution is 14.0. The molecule has 0 aliphatic heterocycles. The van der Waals surface area contributed by atoms with Crippen LogP contribution in [0, 0.1) is 5.41 Å². The van der Waals surface area contributed by atoms with Gasteiger partial charge in [-0.2, -0.15) is 0 Å². The highest BCUT2D eigenvalue weighted by atomic mass is 127. The first kappa shape index (κ1) is 23.1. The fraction of sp³-hybridized carbons (Fsp3) is 0.833. The Morgan fingerprint density at radius 1 is 1.27 bits per heavy atom. The van der Waals surface area contributed by atoms with Crippen molar-refractivity contribution in [3.8, 4) is 0 Å². The number of hydrogen-bond donors (Lipinski definition) is 3. The van der Waals surface area contributed by atoms with Crippen LogP contribution in [0.2, 0.25) is 0 Å². The second-order valence-electron chi connectivity index (χ2n) is 6.95. The van der Waals surface area contributed by atoms with Gasteiger partial charge in [-0.05, 0) is 31.6 Å². The van der Waals surface area contributed by atoms with E-state index in [9.17, 15) is 5.11 Å². The number of nitrogens with zero attached hydrogens (tertiary/aromatic N) is 4. The van der Waals surface area contributed by atoms with Crippen molar-refractivity contribution < 1.29 is 5.11 Å². The van der Waals surface area contributed by atoms with Crippen molar-refractivity contribution in [2.45, 2.75) is 65.3 Å². The smallest absolute Gasteiger partial charge is 0.191 e. The molecule has 1 fully saturated rings. The summed E-state index contributed by atoms with van der Waals surface area (Å²) < 4.78 is 2.07. The summed E-state index contributed by atoms with van der Waals surface area (Å²) in [6.07, 6.45) is 9.71. The normalized spacial score (nSPS) is 16.8. The Balaban J connectivity index is 0.00000338. The summed E-state index contributed by atoms with van der Waals surface area (Å²) in [5.74, 6) is 1.87. The van der Waals surface area contributed by atoms with Crippen LogP contribution in [-0.4, -0.2) is 52.1 Å². The molecule has 1 aliphatic rings. The molecule has 0 saturated heterocycles. The molecule has 0 spiro atoms. The van der Waals surface area contributed by atoms with Gasteiger partial charge in [-0.25, -0.2) is 0 Å². The molecule has 0 aromatic carbocycles. The third-order valence-electron chi connectivity index (χ3n) is 5.13. The molecule has 7 nitrogen and oxygen atoms in total. The molecular formula is C18H35IN6O. The van der Waals surface area contributed by atoms with Gasteiger partial charge in [0.2, 0.25) is 0 Å². The SMILES string of the molecule is CCNC(=NCC1(CCO)CCCCC1)NCCn1cnnc1CC.I. The van der Waals surface area contributed by atoms with E-state index in [-0.39, 0.29) is 36.0 Å². The fourth-order valence-corrected chi connectivity index (χ4v) is 3.65. The van der Waals surface area contributed by atoms with Crippen LogP contribution in [-0.2, 0) is 13.0 Å². The van der Waals surface area contributed by atoms with Gasteiger partial charge in [0.1, 0.15) is 12.2 Å². The largest absolute Gasteiger partial charge is 0.396 e. The van der Waals surface area contributed by atoms with Crippen LogP contribution in [0.25, 0.3) is 0 Å². The van der Waals surface area contributed by atoms with Crippen LogP contribution in [0.3, 0.4) is 0 Å². The second-order valence-corrected chi connectivity index (χ2v) is 6.95. The Morgan fingerprint density at radius 3 is 2.69 bits per heavy atom. The van der Waals surface area contributed by atoms with Gasteiger partial charge in [0, 0.05) is 39.2 Å². The third-order valence-corrected chi connectivity index (χ3v) is 5.13. The number of aliphatic hydroxyl groups is 1. The Morgan fingerprint density at radius 2 is 2.04 bits per heavy atom. The number of halogens is 1. The van der Waals surface area contributed by atoms with Gasteiger partial charge in [-0.3, -0.25) is 4.99 Å². The zero-order valence-corrected chi connectivity index (χ0v) is 18.5. The Labute approximate surface area is 174 Å². The highest BCUT2D eigenvalue weighted by Crippen LogP contribution is 2.39. The van der Waals surface area contributed by atoms with E-state index >= 15 is 0 Å². The average Bonchev–Trinajstić information content (AvgIpc) is 3.08. The number of hydrogen-bond acceptors (Lipinski definition) is 4. The predicted octanol–water partition coefficient (Wildman–Crippen LogP) is 2.35. The van der Waals surface area contributed by atoms with Crippen molar-refractivity contribution in [1.82, 2.24) is 25.4 Å². The lowest BCUT2D eigenvalue weighted by Gasteiger charge is -2.35. The summed E-state index contributed by atoms with van der Waals surface area (Å²) in [5, 5.41) is 24.3. The first-order chi connectivity index (χ1) is 12.2. The van der Waals surface area contributed by atoms with E-state index < -0.39 is 0 Å². The molecule has 2 rings (SSSR count). The molecule has 1 saturated carbocycles. The molecule has 1 aromatic heterocycles. The molecular weight excluding hydrogens is 443 g/mol. The van der Waals surface area contributed by atoms with Crippen molar-refractivity contribution in [3.63, 3.8) is 0 Å². The van der Waals surface area contributed by atoms with Gasteiger partial charge >= 0.3 is 0 Å². The Bertz CT molecular complexity index is 522. The van der Waals surface area contributed by atoms with Gasteiger partial charge in [0.15, 0.2) is 5.96 Å². The van der Waals surface area contributed by atoms with E-state index in [0.29, 0.717) is 0 Å².